The summed E-state index contributed by atoms with van der Waals surface area (Å²) in [6.45, 7) is 10.3. The number of hydrogen-bond acceptors (Lipinski definition) is 2. The minimum Gasteiger partial charge on any atom is -0.350 e. The molecule has 174 valence electrons. The van der Waals surface area contributed by atoms with Gasteiger partial charge in [-0.1, -0.05) is 79.2 Å². The molecular weight excluding hydrogens is 408 g/mol. The Kier molecular flexibility index (Phi) is 7.91. The third-order valence-corrected chi connectivity index (χ3v) is 5.81. The van der Waals surface area contributed by atoms with Gasteiger partial charge in [-0.3, -0.25) is 9.59 Å². The van der Waals surface area contributed by atoms with Crippen LogP contribution in [0.3, 0.4) is 0 Å². The van der Waals surface area contributed by atoms with Crippen LogP contribution < -0.4 is 5.32 Å². The smallest absolute Gasteiger partial charge is 0.243 e. The highest BCUT2D eigenvalue weighted by atomic mass is 16.2. The van der Waals surface area contributed by atoms with Crippen molar-refractivity contribution >= 4 is 22.6 Å². The molecule has 1 unspecified atom stereocenters. The molecule has 0 saturated carbocycles. The van der Waals surface area contributed by atoms with Gasteiger partial charge in [-0.05, 0) is 62.4 Å². The first-order chi connectivity index (χ1) is 15.7. The summed E-state index contributed by atoms with van der Waals surface area (Å²) in [6.07, 6.45) is 1.56. The van der Waals surface area contributed by atoms with Crippen molar-refractivity contribution in [3.05, 3.63) is 83.4 Å². The van der Waals surface area contributed by atoms with Gasteiger partial charge in [-0.2, -0.15) is 0 Å². The lowest BCUT2D eigenvalue weighted by Crippen LogP contribution is -2.53. The van der Waals surface area contributed by atoms with E-state index >= 15 is 0 Å². The molecule has 4 heteroatoms. The maximum absolute atomic E-state index is 13.6. The van der Waals surface area contributed by atoms with Crippen LogP contribution >= 0.6 is 0 Å². The van der Waals surface area contributed by atoms with Crippen molar-refractivity contribution in [1.82, 2.24) is 10.2 Å². The molecule has 3 aromatic carbocycles. The lowest BCUT2D eigenvalue weighted by Gasteiger charge is -2.33. The second-order valence-corrected chi connectivity index (χ2v) is 9.81. The van der Waals surface area contributed by atoms with Gasteiger partial charge in [0.15, 0.2) is 0 Å². The normalized spacial score (nSPS) is 12.4. The summed E-state index contributed by atoms with van der Waals surface area (Å²) in [6, 6.07) is 22.1. The van der Waals surface area contributed by atoms with Crippen LogP contribution in [0.15, 0.2) is 66.7 Å². The van der Waals surface area contributed by atoms with Gasteiger partial charge in [0.25, 0.3) is 0 Å². The molecule has 0 aromatic heterocycles. The van der Waals surface area contributed by atoms with Crippen LogP contribution in [-0.2, 0) is 22.6 Å². The molecule has 0 fully saturated rings. The number of fused-ring (bicyclic) bond motifs is 1. The standard InChI is InChI=1S/C29H36N2O2/c1-6-26(28(33)30-29(3,4)5)31(20-22-12-9-11-21(2)19-22)27(32)18-17-24-15-10-14-23-13-7-8-16-25(23)24/h7-16,19,26H,6,17-18,20H2,1-5H3,(H,30,33). The van der Waals surface area contributed by atoms with Gasteiger partial charge < -0.3 is 10.2 Å². The van der Waals surface area contributed by atoms with E-state index in [-0.39, 0.29) is 17.4 Å². The predicted molar refractivity (Wildman–Crippen MR) is 136 cm³/mol. The minimum atomic E-state index is -0.509. The van der Waals surface area contributed by atoms with Crippen LogP contribution in [0.2, 0.25) is 0 Å². The highest BCUT2D eigenvalue weighted by molar-refractivity contribution is 5.89. The third-order valence-electron chi connectivity index (χ3n) is 5.81. The van der Waals surface area contributed by atoms with Crippen LogP contribution in [0, 0.1) is 6.92 Å². The van der Waals surface area contributed by atoms with E-state index < -0.39 is 6.04 Å². The summed E-state index contributed by atoms with van der Waals surface area (Å²) in [5.74, 6) is -0.100. The molecular formula is C29H36N2O2. The van der Waals surface area contributed by atoms with Crippen molar-refractivity contribution in [2.45, 2.75) is 72.0 Å². The largest absolute Gasteiger partial charge is 0.350 e. The molecule has 0 heterocycles. The van der Waals surface area contributed by atoms with E-state index in [1.54, 1.807) is 4.90 Å². The summed E-state index contributed by atoms with van der Waals surface area (Å²) >= 11 is 0. The Morgan fingerprint density at radius 2 is 1.67 bits per heavy atom. The summed E-state index contributed by atoms with van der Waals surface area (Å²) in [7, 11) is 0. The molecule has 4 nitrogen and oxygen atoms in total. The van der Waals surface area contributed by atoms with E-state index in [2.05, 4.69) is 35.6 Å². The molecule has 33 heavy (non-hydrogen) atoms. The number of amides is 2. The topological polar surface area (TPSA) is 49.4 Å². The number of carbonyl (C=O) groups is 2. The van der Waals surface area contributed by atoms with Gasteiger partial charge in [0.05, 0.1) is 0 Å². The van der Waals surface area contributed by atoms with Crippen molar-refractivity contribution in [3.8, 4) is 0 Å². The number of aryl methyl sites for hydroxylation is 2. The SMILES string of the molecule is CCC(C(=O)NC(C)(C)C)N(Cc1cccc(C)c1)C(=O)CCc1cccc2ccccc12. The van der Waals surface area contributed by atoms with Gasteiger partial charge in [0, 0.05) is 18.5 Å². The Bertz CT molecular complexity index is 1110. The number of carbonyl (C=O) groups excluding carboxylic acids is 2. The number of benzene rings is 3. The first kappa shape index (κ1) is 24.5. The number of nitrogens with one attached hydrogen (secondary N) is 1. The molecule has 0 radical (unpaired) electrons. The lowest BCUT2D eigenvalue weighted by atomic mass is 10.00. The first-order valence-corrected chi connectivity index (χ1v) is 11.8. The van der Waals surface area contributed by atoms with E-state index in [9.17, 15) is 9.59 Å². The van der Waals surface area contributed by atoms with E-state index in [0.717, 1.165) is 16.7 Å². The Labute approximate surface area is 198 Å². The zero-order valence-electron chi connectivity index (χ0n) is 20.5. The Balaban J connectivity index is 1.85. The van der Waals surface area contributed by atoms with E-state index in [0.29, 0.717) is 25.8 Å². The van der Waals surface area contributed by atoms with Gasteiger partial charge in [-0.25, -0.2) is 0 Å². The average Bonchev–Trinajstić information content (AvgIpc) is 2.76. The molecule has 3 rings (SSSR count). The molecule has 0 saturated heterocycles. The van der Waals surface area contributed by atoms with Crippen molar-refractivity contribution in [3.63, 3.8) is 0 Å². The minimum absolute atomic E-state index is 0.000324. The second-order valence-electron chi connectivity index (χ2n) is 9.81. The van der Waals surface area contributed by atoms with E-state index in [4.69, 9.17) is 0 Å². The fourth-order valence-electron chi connectivity index (χ4n) is 4.28. The number of rotatable bonds is 8. The molecule has 0 bridgehead atoms. The highest BCUT2D eigenvalue weighted by Gasteiger charge is 2.30. The average molecular weight is 445 g/mol. The number of hydrogen-bond donors (Lipinski definition) is 1. The number of nitrogens with zero attached hydrogens (tertiary/aromatic N) is 1. The van der Waals surface area contributed by atoms with Crippen molar-refractivity contribution < 1.29 is 9.59 Å². The van der Waals surface area contributed by atoms with Crippen LogP contribution in [0.25, 0.3) is 10.8 Å². The molecule has 2 amide bonds. The fraction of sp³-hybridized carbons (Fsp3) is 0.379. The molecule has 3 aromatic rings. The van der Waals surface area contributed by atoms with E-state index in [1.165, 1.54) is 10.8 Å². The van der Waals surface area contributed by atoms with Crippen LogP contribution in [-0.4, -0.2) is 28.3 Å². The second kappa shape index (κ2) is 10.7. The van der Waals surface area contributed by atoms with Crippen molar-refractivity contribution in [2.75, 3.05) is 0 Å². The molecule has 0 aliphatic rings. The van der Waals surface area contributed by atoms with Crippen LogP contribution in [0.4, 0.5) is 0 Å². The Hall–Kier alpha value is -3.14. The van der Waals surface area contributed by atoms with Gasteiger partial charge in [-0.15, -0.1) is 0 Å². The van der Waals surface area contributed by atoms with Crippen LogP contribution in [0.5, 0.6) is 0 Å². The fourth-order valence-corrected chi connectivity index (χ4v) is 4.28. The third kappa shape index (κ3) is 6.67. The maximum Gasteiger partial charge on any atom is 0.243 e. The molecule has 1 N–H and O–H groups in total. The summed E-state index contributed by atoms with van der Waals surface area (Å²) in [5, 5.41) is 5.42. The lowest BCUT2D eigenvalue weighted by molar-refractivity contribution is -0.142. The zero-order valence-corrected chi connectivity index (χ0v) is 20.5. The molecule has 0 aliphatic carbocycles. The molecule has 0 spiro atoms. The quantitative estimate of drug-likeness (QED) is 0.477. The highest BCUT2D eigenvalue weighted by Crippen LogP contribution is 2.21. The first-order valence-electron chi connectivity index (χ1n) is 11.8. The summed E-state index contributed by atoms with van der Waals surface area (Å²) in [5.41, 5.74) is 2.98. The van der Waals surface area contributed by atoms with Gasteiger partial charge >= 0.3 is 0 Å². The maximum atomic E-state index is 13.6. The van der Waals surface area contributed by atoms with Gasteiger partial charge in [0.1, 0.15) is 6.04 Å². The molecule has 0 aliphatic heterocycles. The van der Waals surface area contributed by atoms with E-state index in [1.807, 2.05) is 71.0 Å². The summed E-state index contributed by atoms with van der Waals surface area (Å²) < 4.78 is 0. The van der Waals surface area contributed by atoms with Crippen molar-refractivity contribution in [2.24, 2.45) is 0 Å². The summed E-state index contributed by atoms with van der Waals surface area (Å²) in [4.78, 5) is 28.5. The zero-order chi connectivity index (χ0) is 24.0. The Morgan fingerprint density at radius 3 is 2.36 bits per heavy atom. The monoisotopic (exact) mass is 444 g/mol. The van der Waals surface area contributed by atoms with Gasteiger partial charge in [0.2, 0.25) is 11.8 Å². The molecule has 1 atom stereocenters. The Morgan fingerprint density at radius 1 is 0.970 bits per heavy atom. The van der Waals surface area contributed by atoms with Crippen molar-refractivity contribution in [1.29, 1.82) is 0 Å². The predicted octanol–water partition coefficient (Wildman–Crippen LogP) is 5.80. The van der Waals surface area contributed by atoms with Crippen LogP contribution in [0.1, 0.15) is 57.2 Å².